The third kappa shape index (κ3) is 3.37. The minimum Gasteiger partial charge on any atom is -0.292 e. The van der Waals surface area contributed by atoms with E-state index in [0.717, 1.165) is 17.7 Å². The van der Waals surface area contributed by atoms with Gasteiger partial charge in [-0.3, -0.25) is 15.0 Å². The van der Waals surface area contributed by atoms with Gasteiger partial charge in [0.2, 0.25) is 6.04 Å². The van der Waals surface area contributed by atoms with E-state index in [2.05, 4.69) is 0 Å². The fourth-order valence-corrected chi connectivity index (χ4v) is 3.16. The number of nitro groups is 1. The number of rotatable bonds is 4. The zero-order valence-electron chi connectivity index (χ0n) is 12.4. The van der Waals surface area contributed by atoms with Gasteiger partial charge in [-0.25, -0.2) is 8.78 Å². The van der Waals surface area contributed by atoms with E-state index in [4.69, 9.17) is 0 Å². The van der Waals surface area contributed by atoms with E-state index >= 15 is 0 Å². The minimum absolute atomic E-state index is 0.212. The summed E-state index contributed by atoms with van der Waals surface area (Å²) in [5.74, 6) is -1.97. The van der Waals surface area contributed by atoms with Crippen LogP contribution in [0.2, 0.25) is 0 Å². The lowest BCUT2D eigenvalue weighted by Crippen LogP contribution is -2.28. The van der Waals surface area contributed by atoms with Crippen LogP contribution in [0, 0.1) is 21.7 Å². The van der Waals surface area contributed by atoms with Crippen molar-refractivity contribution in [3.05, 3.63) is 81.4 Å². The molecule has 0 aliphatic carbocycles. The Morgan fingerprint density at radius 1 is 1.13 bits per heavy atom. The van der Waals surface area contributed by atoms with Gasteiger partial charge in [-0.15, -0.1) is 0 Å². The molecule has 4 nitrogen and oxygen atoms in total. The lowest BCUT2D eigenvalue weighted by atomic mass is 9.94. The Morgan fingerprint density at radius 2 is 1.87 bits per heavy atom. The highest BCUT2D eigenvalue weighted by Crippen LogP contribution is 2.32. The van der Waals surface area contributed by atoms with Crippen LogP contribution >= 0.6 is 0 Å². The first kappa shape index (κ1) is 15.6. The molecule has 0 radical (unpaired) electrons. The van der Waals surface area contributed by atoms with E-state index in [-0.39, 0.29) is 17.0 Å². The highest BCUT2D eigenvalue weighted by Gasteiger charge is 2.42. The van der Waals surface area contributed by atoms with Crippen molar-refractivity contribution in [2.24, 2.45) is 0 Å². The topological polar surface area (TPSA) is 46.4 Å². The predicted octanol–water partition coefficient (Wildman–Crippen LogP) is 3.21. The molecule has 0 aromatic heterocycles. The molecule has 2 atom stereocenters. The molecule has 1 heterocycles. The number of hydrogen-bond donors (Lipinski definition) is 0. The summed E-state index contributed by atoms with van der Waals surface area (Å²) in [7, 11) is 0. The van der Waals surface area contributed by atoms with E-state index in [1.54, 1.807) is 0 Å². The summed E-state index contributed by atoms with van der Waals surface area (Å²) >= 11 is 0. The van der Waals surface area contributed by atoms with Gasteiger partial charge in [0.25, 0.3) is 0 Å². The van der Waals surface area contributed by atoms with Crippen LogP contribution in [0.1, 0.15) is 17.0 Å². The quantitative estimate of drug-likeness (QED) is 0.642. The number of likely N-dealkylation sites (tertiary alicyclic amines) is 1. The smallest absolute Gasteiger partial charge is 0.233 e. The largest absolute Gasteiger partial charge is 0.292 e. The van der Waals surface area contributed by atoms with Crippen LogP contribution in [0.3, 0.4) is 0 Å². The standard InChI is InChI=1S/C17H16F2N2O2/c18-13-6-7-14(16(19)8-13)15-10-20(11-17(15)21(22)23)9-12-4-2-1-3-5-12/h1-8,15,17H,9-11H2/t15-,17?/m1/s1. The molecular weight excluding hydrogens is 302 g/mol. The molecule has 1 aliphatic heterocycles. The molecule has 1 saturated heterocycles. The van der Waals surface area contributed by atoms with Crippen LogP contribution in [0.15, 0.2) is 48.5 Å². The maximum atomic E-state index is 14.0. The van der Waals surface area contributed by atoms with Crippen molar-refractivity contribution in [1.29, 1.82) is 0 Å². The first-order chi connectivity index (χ1) is 11.0. The molecule has 0 amide bonds. The van der Waals surface area contributed by atoms with Crippen LogP contribution in [-0.2, 0) is 6.54 Å². The Morgan fingerprint density at radius 3 is 2.52 bits per heavy atom. The van der Waals surface area contributed by atoms with E-state index in [1.807, 2.05) is 35.2 Å². The Hall–Kier alpha value is -2.34. The van der Waals surface area contributed by atoms with Gasteiger partial charge in [0, 0.05) is 24.1 Å². The maximum absolute atomic E-state index is 14.0. The third-order valence-electron chi connectivity index (χ3n) is 4.25. The normalized spacial score (nSPS) is 21.5. The summed E-state index contributed by atoms with van der Waals surface area (Å²) in [5.41, 5.74) is 1.26. The number of nitrogens with zero attached hydrogens (tertiary/aromatic N) is 2. The van der Waals surface area contributed by atoms with Gasteiger partial charge < -0.3 is 0 Å². The maximum Gasteiger partial charge on any atom is 0.233 e. The molecule has 23 heavy (non-hydrogen) atoms. The molecule has 0 spiro atoms. The average molecular weight is 318 g/mol. The molecule has 120 valence electrons. The molecule has 1 unspecified atom stereocenters. The Balaban J connectivity index is 1.83. The average Bonchev–Trinajstić information content (AvgIpc) is 2.92. The van der Waals surface area contributed by atoms with Crippen LogP contribution in [0.5, 0.6) is 0 Å². The second kappa shape index (κ2) is 6.42. The van der Waals surface area contributed by atoms with Crippen molar-refractivity contribution in [3.63, 3.8) is 0 Å². The molecule has 2 aromatic carbocycles. The second-order valence-electron chi connectivity index (χ2n) is 5.80. The molecule has 1 aliphatic rings. The summed E-state index contributed by atoms with van der Waals surface area (Å²) < 4.78 is 27.1. The van der Waals surface area contributed by atoms with Crippen molar-refractivity contribution in [1.82, 2.24) is 4.90 Å². The Labute approximate surface area is 132 Å². The highest BCUT2D eigenvalue weighted by atomic mass is 19.1. The van der Waals surface area contributed by atoms with Gasteiger partial charge in [-0.05, 0) is 17.2 Å². The highest BCUT2D eigenvalue weighted by molar-refractivity contribution is 5.26. The van der Waals surface area contributed by atoms with Crippen molar-refractivity contribution >= 4 is 0 Å². The monoisotopic (exact) mass is 318 g/mol. The fraction of sp³-hybridized carbons (Fsp3) is 0.294. The van der Waals surface area contributed by atoms with E-state index in [0.29, 0.717) is 13.1 Å². The molecule has 0 bridgehead atoms. The third-order valence-corrected chi connectivity index (χ3v) is 4.25. The summed E-state index contributed by atoms with van der Waals surface area (Å²) in [6.07, 6.45) is 0. The molecule has 1 fully saturated rings. The zero-order valence-corrected chi connectivity index (χ0v) is 12.4. The predicted molar refractivity (Wildman–Crippen MR) is 81.6 cm³/mol. The van der Waals surface area contributed by atoms with Crippen LogP contribution in [0.25, 0.3) is 0 Å². The van der Waals surface area contributed by atoms with Gasteiger partial charge in [0.1, 0.15) is 11.6 Å². The summed E-state index contributed by atoms with van der Waals surface area (Å²) in [5, 5.41) is 11.3. The number of benzene rings is 2. The SMILES string of the molecule is O=[N+]([O-])C1CN(Cc2ccccc2)C[C@@H]1c1ccc(F)cc1F. The van der Waals surface area contributed by atoms with Crippen LogP contribution in [0.4, 0.5) is 8.78 Å². The van der Waals surface area contributed by atoms with E-state index < -0.39 is 23.6 Å². The van der Waals surface area contributed by atoms with Gasteiger partial charge in [0.05, 0.1) is 12.5 Å². The summed E-state index contributed by atoms with van der Waals surface area (Å²) in [6.45, 7) is 1.21. The van der Waals surface area contributed by atoms with Crippen LogP contribution < -0.4 is 0 Å². The molecule has 3 rings (SSSR count). The molecule has 6 heteroatoms. The van der Waals surface area contributed by atoms with E-state index in [9.17, 15) is 18.9 Å². The Bertz CT molecular complexity index is 709. The first-order valence-electron chi connectivity index (χ1n) is 7.39. The summed E-state index contributed by atoms with van der Waals surface area (Å²) in [4.78, 5) is 12.9. The molecule has 2 aromatic rings. The second-order valence-corrected chi connectivity index (χ2v) is 5.80. The lowest BCUT2D eigenvalue weighted by molar-refractivity contribution is -0.521. The van der Waals surface area contributed by atoms with Gasteiger partial charge >= 0.3 is 0 Å². The molecule has 0 saturated carbocycles. The van der Waals surface area contributed by atoms with Crippen molar-refractivity contribution in [2.45, 2.75) is 18.5 Å². The molecule has 0 N–H and O–H groups in total. The van der Waals surface area contributed by atoms with Crippen molar-refractivity contribution in [2.75, 3.05) is 13.1 Å². The van der Waals surface area contributed by atoms with Gasteiger partial charge in [-0.2, -0.15) is 0 Å². The van der Waals surface area contributed by atoms with Crippen molar-refractivity contribution in [3.8, 4) is 0 Å². The summed E-state index contributed by atoms with van der Waals surface area (Å²) in [6, 6.07) is 12.0. The number of hydrogen-bond acceptors (Lipinski definition) is 3. The molecular formula is C17H16F2N2O2. The number of halogens is 2. The fourth-order valence-electron chi connectivity index (χ4n) is 3.16. The van der Waals surface area contributed by atoms with Crippen molar-refractivity contribution < 1.29 is 13.7 Å². The van der Waals surface area contributed by atoms with E-state index in [1.165, 1.54) is 6.07 Å². The first-order valence-corrected chi connectivity index (χ1v) is 7.39. The van der Waals surface area contributed by atoms with Gasteiger partial charge in [0.15, 0.2) is 0 Å². The lowest BCUT2D eigenvalue weighted by Gasteiger charge is -2.15. The van der Waals surface area contributed by atoms with Gasteiger partial charge in [-0.1, -0.05) is 36.4 Å². The minimum atomic E-state index is -0.890. The zero-order chi connectivity index (χ0) is 16.4. The van der Waals surface area contributed by atoms with Crippen LogP contribution in [-0.4, -0.2) is 29.0 Å². The Kier molecular flexibility index (Phi) is 4.34.